The summed E-state index contributed by atoms with van der Waals surface area (Å²) in [5.41, 5.74) is 1.67. The zero-order valence-corrected chi connectivity index (χ0v) is 15.6. The van der Waals surface area contributed by atoms with Gasteiger partial charge in [-0.15, -0.1) is 0 Å². The molecule has 0 spiro atoms. The van der Waals surface area contributed by atoms with Crippen LogP contribution in [0.25, 0.3) is 0 Å². The van der Waals surface area contributed by atoms with Crippen molar-refractivity contribution in [3.8, 4) is 0 Å². The summed E-state index contributed by atoms with van der Waals surface area (Å²) in [5.74, 6) is -0.312. The van der Waals surface area contributed by atoms with E-state index >= 15 is 0 Å². The van der Waals surface area contributed by atoms with E-state index in [2.05, 4.69) is 5.10 Å². The fraction of sp³-hybridized carbons (Fsp3) is 0.706. The molecular weight excluding hydrogens is 330 g/mol. The molecule has 0 aliphatic carbocycles. The molecule has 6 nitrogen and oxygen atoms in total. The summed E-state index contributed by atoms with van der Waals surface area (Å²) in [6, 6.07) is 0. The normalized spacial score (nSPS) is 17.0. The number of hydrogen-bond donors (Lipinski definition) is 0. The molecule has 1 amide bonds. The standard InChI is InChI=1S/C17H26ClN3O3/c1-5-24-17(23)14-6-8-20(9-7-14)16(22)11(2)10-21-13(4)15(18)12(3)19-21/h11,14H,5-10H2,1-4H3/t11-/m0/s1. The predicted octanol–water partition coefficient (Wildman–Crippen LogP) is 2.59. The van der Waals surface area contributed by atoms with Gasteiger partial charge < -0.3 is 9.64 Å². The second-order valence-electron chi connectivity index (χ2n) is 6.42. The molecule has 1 aromatic heterocycles. The summed E-state index contributed by atoms with van der Waals surface area (Å²) < 4.78 is 6.86. The van der Waals surface area contributed by atoms with Crippen LogP contribution in [0.2, 0.25) is 5.02 Å². The van der Waals surface area contributed by atoms with Gasteiger partial charge in [0.1, 0.15) is 0 Å². The summed E-state index contributed by atoms with van der Waals surface area (Å²) >= 11 is 6.16. The molecule has 2 heterocycles. The summed E-state index contributed by atoms with van der Waals surface area (Å²) in [6.45, 7) is 9.60. The maximum absolute atomic E-state index is 12.6. The van der Waals surface area contributed by atoms with Crippen LogP contribution in [-0.4, -0.2) is 46.3 Å². The van der Waals surface area contributed by atoms with Gasteiger partial charge in [-0.25, -0.2) is 0 Å². The van der Waals surface area contributed by atoms with E-state index < -0.39 is 0 Å². The third-order valence-electron chi connectivity index (χ3n) is 4.59. The number of amides is 1. The van der Waals surface area contributed by atoms with Crippen molar-refractivity contribution in [3.05, 3.63) is 16.4 Å². The number of aromatic nitrogens is 2. The molecule has 0 N–H and O–H groups in total. The SMILES string of the molecule is CCOC(=O)C1CCN(C(=O)[C@@H](C)Cn2nc(C)c(Cl)c2C)CC1. The van der Waals surface area contributed by atoms with E-state index in [1.54, 1.807) is 4.68 Å². The molecule has 1 aliphatic heterocycles. The van der Waals surface area contributed by atoms with Crippen LogP contribution in [0.3, 0.4) is 0 Å². The first-order valence-corrected chi connectivity index (χ1v) is 8.87. The highest BCUT2D eigenvalue weighted by Gasteiger charge is 2.30. The van der Waals surface area contributed by atoms with Crippen molar-refractivity contribution in [1.29, 1.82) is 0 Å². The second-order valence-corrected chi connectivity index (χ2v) is 6.80. The molecule has 134 valence electrons. The Hall–Kier alpha value is -1.56. The fourth-order valence-corrected chi connectivity index (χ4v) is 3.23. The molecule has 0 saturated carbocycles. The number of likely N-dealkylation sites (tertiary alicyclic amines) is 1. The van der Waals surface area contributed by atoms with Crippen LogP contribution in [0.1, 0.15) is 38.1 Å². The smallest absolute Gasteiger partial charge is 0.309 e. The van der Waals surface area contributed by atoms with Crippen molar-refractivity contribution in [2.75, 3.05) is 19.7 Å². The molecular formula is C17H26ClN3O3. The first-order valence-electron chi connectivity index (χ1n) is 8.50. The number of piperidine rings is 1. The number of aryl methyl sites for hydroxylation is 1. The van der Waals surface area contributed by atoms with Crippen molar-refractivity contribution in [3.63, 3.8) is 0 Å². The van der Waals surface area contributed by atoms with E-state index in [9.17, 15) is 9.59 Å². The number of carbonyl (C=O) groups excluding carboxylic acids is 2. The minimum atomic E-state index is -0.182. The van der Waals surface area contributed by atoms with Gasteiger partial charge in [0.2, 0.25) is 5.91 Å². The Balaban J connectivity index is 1.90. The van der Waals surface area contributed by atoms with Crippen molar-refractivity contribution < 1.29 is 14.3 Å². The summed E-state index contributed by atoms with van der Waals surface area (Å²) in [7, 11) is 0. The van der Waals surface area contributed by atoms with Crippen molar-refractivity contribution >= 4 is 23.5 Å². The van der Waals surface area contributed by atoms with E-state index in [1.165, 1.54) is 0 Å². The Morgan fingerprint density at radius 1 is 1.33 bits per heavy atom. The average molecular weight is 356 g/mol. The first kappa shape index (κ1) is 18.8. The minimum Gasteiger partial charge on any atom is -0.466 e. The highest BCUT2D eigenvalue weighted by atomic mass is 35.5. The van der Waals surface area contributed by atoms with Crippen LogP contribution in [0, 0.1) is 25.7 Å². The molecule has 24 heavy (non-hydrogen) atoms. The van der Waals surface area contributed by atoms with Gasteiger partial charge in [0, 0.05) is 13.1 Å². The van der Waals surface area contributed by atoms with Gasteiger partial charge in [-0.2, -0.15) is 5.10 Å². The number of esters is 1. The van der Waals surface area contributed by atoms with Crippen LogP contribution in [-0.2, 0) is 20.9 Å². The lowest BCUT2D eigenvalue weighted by molar-refractivity contribution is -0.151. The van der Waals surface area contributed by atoms with E-state index in [0.29, 0.717) is 44.1 Å². The van der Waals surface area contributed by atoms with Crippen LogP contribution in [0.15, 0.2) is 0 Å². The zero-order chi connectivity index (χ0) is 17.9. The predicted molar refractivity (Wildman–Crippen MR) is 91.8 cm³/mol. The Bertz CT molecular complexity index is 606. The molecule has 0 unspecified atom stereocenters. The lowest BCUT2D eigenvalue weighted by atomic mass is 9.96. The molecule has 2 rings (SSSR count). The molecule has 0 aromatic carbocycles. The molecule has 1 aromatic rings. The Morgan fingerprint density at radius 3 is 2.46 bits per heavy atom. The van der Waals surface area contributed by atoms with E-state index in [1.807, 2.05) is 32.6 Å². The quantitative estimate of drug-likeness (QED) is 0.761. The van der Waals surface area contributed by atoms with E-state index in [0.717, 1.165) is 11.4 Å². The molecule has 0 radical (unpaired) electrons. The Kier molecular flexibility index (Phi) is 6.27. The summed E-state index contributed by atoms with van der Waals surface area (Å²) in [6.07, 6.45) is 1.34. The number of ether oxygens (including phenoxy) is 1. The van der Waals surface area contributed by atoms with Gasteiger partial charge >= 0.3 is 5.97 Å². The second kappa shape index (κ2) is 8.01. The number of nitrogens with zero attached hydrogens (tertiary/aromatic N) is 3. The summed E-state index contributed by atoms with van der Waals surface area (Å²) in [5, 5.41) is 5.04. The zero-order valence-electron chi connectivity index (χ0n) is 14.8. The van der Waals surface area contributed by atoms with Gasteiger partial charge in [-0.3, -0.25) is 14.3 Å². The third-order valence-corrected chi connectivity index (χ3v) is 5.14. The molecule has 1 fully saturated rings. The number of hydrogen-bond acceptors (Lipinski definition) is 4. The highest BCUT2D eigenvalue weighted by Crippen LogP contribution is 2.22. The highest BCUT2D eigenvalue weighted by molar-refractivity contribution is 6.31. The van der Waals surface area contributed by atoms with Crippen molar-refractivity contribution in [2.45, 2.75) is 47.1 Å². The topological polar surface area (TPSA) is 64.4 Å². The van der Waals surface area contributed by atoms with Crippen LogP contribution in [0.5, 0.6) is 0 Å². The summed E-state index contributed by atoms with van der Waals surface area (Å²) in [4.78, 5) is 26.3. The van der Waals surface area contributed by atoms with Crippen LogP contribution in [0.4, 0.5) is 0 Å². The largest absolute Gasteiger partial charge is 0.466 e. The average Bonchev–Trinajstić information content (AvgIpc) is 2.81. The number of halogens is 1. The lowest BCUT2D eigenvalue weighted by Gasteiger charge is -2.32. The third kappa shape index (κ3) is 4.09. The number of rotatable bonds is 5. The molecule has 1 aliphatic rings. The van der Waals surface area contributed by atoms with Crippen molar-refractivity contribution in [2.24, 2.45) is 11.8 Å². The van der Waals surface area contributed by atoms with Crippen LogP contribution >= 0.6 is 11.6 Å². The monoisotopic (exact) mass is 355 g/mol. The lowest BCUT2D eigenvalue weighted by Crippen LogP contribution is -2.43. The maximum atomic E-state index is 12.6. The molecule has 1 saturated heterocycles. The molecule has 0 bridgehead atoms. The maximum Gasteiger partial charge on any atom is 0.309 e. The Labute approximate surface area is 148 Å². The van der Waals surface area contributed by atoms with Gasteiger partial charge in [0.05, 0.1) is 41.4 Å². The number of carbonyl (C=O) groups is 2. The van der Waals surface area contributed by atoms with Gasteiger partial charge in [0.25, 0.3) is 0 Å². The minimum absolute atomic E-state index is 0.0841. The van der Waals surface area contributed by atoms with Crippen molar-refractivity contribution in [1.82, 2.24) is 14.7 Å². The fourth-order valence-electron chi connectivity index (χ4n) is 3.10. The van der Waals surface area contributed by atoms with E-state index in [-0.39, 0.29) is 23.7 Å². The van der Waals surface area contributed by atoms with Gasteiger partial charge in [-0.05, 0) is 33.6 Å². The Morgan fingerprint density at radius 2 is 1.96 bits per heavy atom. The molecule has 1 atom stereocenters. The molecule has 7 heteroatoms. The van der Waals surface area contributed by atoms with E-state index in [4.69, 9.17) is 16.3 Å². The van der Waals surface area contributed by atoms with Gasteiger partial charge in [-0.1, -0.05) is 18.5 Å². The first-order chi connectivity index (χ1) is 11.3. The van der Waals surface area contributed by atoms with Gasteiger partial charge in [0.15, 0.2) is 0 Å². The van der Waals surface area contributed by atoms with Crippen LogP contribution < -0.4 is 0 Å².